The van der Waals surface area contributed by atoms with Crippen LogP contribution in [0.1, 0.15) is 90.7 Å². The van der Waals surface area contributed by atoms with E-state index in [1.165, 1.54) is 82.0 Å². The smallest absolute Gasteiger partial charge is 0.234 e. The molecule has 0 radical (unpaired) electrons. The molecule has 218 valence electrons. The largest absolute Gasteiger partial charge is 0.677 e. The molecular weight excluding hydrogens is 494 g/mol. The number of rotatable bonds is 18. The van der Waals surface area contributed by atoms with Gasteiger partial charge in [0.25, 0.3) is 0 Å². The van der Waals surface area contributed by atoms with Gasteiger partial charge >= 0.3 is 0 Å². The van der Waals surface area contributed by atoms with E-state index in [1.807, 2.05) is 60.7 Å². The Labute approximate surface area is 241 Å². The minimum absolute atomic E-state index is 0.132. The highest BCUT2D eigenvalue weighted by atomic mass is 28.3. The van der Waals surface area contributed by atoms with Gasteiger partial charge in [-0.3, -0.25) is 0 Å². The predicted octanol–water partition coefficient (Wildman–Crippen LogP) is 10.0. The topological polar surface area (TPSA) is 43.5 Å². The second kappa shape index (κ2) is 19.8. The SMILES string of the molecule is CCCC[N+](CCCC)(CCCC)CCCC.C[Si](C)(C)C(N=C=O)C([N-]c1ccccc1)c1ccccc1. The highest BCUT2D eigenvalue weighted by Gasteiger charge is 2.30. The Kier molecular flexibility index (Phi) is 17.7. The zero-order valence-electron chi connectivity index (χ0n) is 26.2. The van der Waals surface area contributed by atoms with E-state index in [2.05, 4.69) is 52.3 Å². The van der Waals surface area contributed by atoms with Crippen molar-refractivity contribution in [2.75, 3.05) is 26.2 Å². The zero-order valence-corrected chi connectivity index (χ0v) is 27.2. The fourth-order valence-electron chi connectivity index (χ4n) is 5.09. The first-order valence-electron chi connectivity index (χ1n) is 15.5. The van der Waals surface area contributed by atoms with Crippen molar-refractivity contribution in [1.29, 1.82) is 0 Å². The molecule has 0 heterocycles. The van der Waals surface area contributed by atoms with Crippen LogP contribution in [0.25, 0.3) is 5.32 Å². The lowest BCUT2D eigenvalue weighted by molar-refractivity contribution is -0.929. The van der Waals surface area contributed by atoms with Crippen LogP contribution >= 0.6 is 0 Å². The highest BCUT2D eigenvalue weighted by molar-refractivity contribution is 6.78. The molecule has 0 spiro atoms. The van der Waals surface area contributed by atoms with Crippen molar-refractivity contribution in [3.8, 4) is 0 Å². The Morgan fingerprint density at radius 3 is 1.49 bits per heavy atom. The normalized spacial score (nSPS) is 13.0. The Bertz CT molecular complexity index is 870. The van der Waals surface area contributed by atoms with E-state index in [4.69, 9.17) is 5.32 Å². The molecule has 0 aromatic heterocycles. The molecule has 4 nitrogen and oxygen atoms in total. The molecule has 5 heteroatoms. The van der Waals surface area contributed by atoms with E-state index < -0.39 is 8.07 Å². The average molecular weight is 552 g/mol. The van der Waals surface area contributed by atoms with Gasteiger partial charge in [-0.1, -0.05) is 145 Å². The van der Waals surface area contributed by atoms with Crippen LogP contribution in [0.2, 0.25) is 19.6 Å². The second-order valence-corrected chi connectivity index (χ2v) is 17.3. The molecule has 2 unspecified atom stereocenters. The number of aliphatic imine (C=N–C) groups is 1. The molecule has 0 saturated carbocycles. The summed E-state index contributed by atoms with van der Waals surface area (Å²) in [6, 6.07) is 19.8. The molecule has 0 saturated heterocycles. The van der Waals surface area contributed by atoms with Crippen LogP contribution < -0.4 is 0 Å². The number of para-hydroxylation sites is 1. The molecule has 39 heavy (non-hydrogen) atoms. The van der Waals surface area contributed by atoms with Gasteiger partial charge in [-0.25, -0.2) is 9.79 Å². The third-order valence-electron chi connectivity index (χ3n) is 7.51. The maximum atomic E-state index is 10.9. The quantitative estimate of drug-likeness (QED) is 0.0786. The van der Waals surface area contributed by atoms with Gasteiger partial charge in [-0.05, 0) is 25.7 Å². The fourth-order valence-corrected chi connectivity index (χ4v) is 6.75. The van der Waals surface area contributed by atoms with Gasteiger partial charge in [0, 0.05) is 5.67 Å². The van der Waals surface area contributed by atoms with Crippen molar-refractivity contribution in [2.45, 2.75) is 110 Å². The minimum Gasteiger partial charge on any atom is -0.677 e. The number of nitrogens with zero attached hydrogens (tertiary/aromatic N) is 3. The Balaban J connectivity index is 0.000000406. The summed E-state index contributed by atoms with van der Waals surface area (Å²) >= 11 is 0. The lowest BCUT2D eigenvalue weighted by Crippen LogP contribution is -2.50. The Morgan fingerprint density at radius 2 is 1.13 bits per heavy atom. The first-order chi connectivity index (χ1) is 18.8. The van der Waals surface area contributed by atoms with Gasteiger partial charge in [0.15, 0.2) is 0 Å². The number of quaternary nitrogens is 1. The van der Waals surface area contributed by atoms with Gasteiger partial charge in [-0.2, -0.15) is 0 Å². The molecule has 2 aromatic rings. The number of carbonyl (C=O) groups excluding carboxylic acids is 1. The van der Waals surface area contributed by atoms with Crippen molar-refractivity contribution in [1.82, 2.24) is 0 Å². The molecule has 2 aromatic carbocycles. The second-order valence-electron chi connectivity index (χ2n) is 12.0. The standard InChI is InChI=1S/C18H21N2OSi.C16H36N/c1-22(2,3)18(19-14-21)17(15-10-6-4-7-11-15)20-16-12-8-5-9-13-16;1-5-9-13-17(14-10-6-2,15-11-7-3)16-12-8-4/h4-13,17-18H,1-3H3;5-16H2,1-4H3/q-1;+1. The third kappa shape index (κ3) is 13.6. The molecule has 0 aliphatic carbocycles. The van der Waals surface area contributed by atoms with Crippen LogP contribution in [0, 0.1) is 0 Å². The predicted molar refractivity (Wildman–Crippen MR) is 173 cm³/mol. The summed E-state index contributed by atoms with van der Waals surface area (Å²) < 4.78 is 1.42. The van der Waals surface area contributed by atoms with Crippen LogP contribution in [-0.4, -0.2) is 50.5 Å². The van der Waals surface area contributed by atoms with E-state index in [-0.39, 0.29) is 11.7 Å². The van der Waals surface area contributed by atoms with Crippen molar-refractivity contribution in [3.63, 3.8) is 0 Å². The van der Waals surface area contributed by atoms with E-state index in [0.717, 1.165) is 11.3 Å². The Morgan fingerprint density at radius 1 is 0.718 bits per heavy atom. The van der Waals surface area contributed by atoms with E-state index in [9.17, 15) is 4.79 Å². The molecule has 0 bridgehead atoms. The maximum absolute atomic E-state index is 10.9. The van der Waals surface area contributed by atoms with Crippen molar-refractivity contribution in [3.05, 3.63) is 71.5 Å². The average Bonchev–Trinajstić information content (AvgIpc) is 2.95. The van der Waals surface area contributed by atoms with Crippen LogP contribution in [0.15, 0.2) is 65.7 Å². The van der Waals surface area contributed by atoms with Gasteiger partial charge in [-0.15, -0.1) is 5.69 Å². The number of hydrogen-bond acceptors (Lipinski definition) is 2. The maximum Gasteiger partial charge on any atom is 0.234 e. The first-order valence-corrected chi connectivity index (χ1v) is 19.1. The minimum atomic E-state index is -1.73. The van der Waals surface area contributed by atoms with Crippen LogP contribution in [-0.2, 0) is 4.79 Å². The molecular formula is C34H57N3OSi. The Hall–Kier alpha value is -2.20. The number of isocyanates is 1. The number of unbranched alkanes of at least 4 members (excludes halogenated alkanes) is 4. The number of hydrogen-bond donors (Lipinski definition) is 0. The van der Waals surface area contributed by atoms with Gasteiger partial charge < -0.3 is 9.80 Å². The summed E-state index contributed by atoms with van der Waals surface area (Å²) in [6.07, 6.45) is 12.8. The summed E-state index contributed by atoms with van der Waals surface area (Å²) in [5.41, 5.74) is 1.85. The molecule has 0 fully saturated rings. The summed E-state index contributed by atoms with van der Waals surface area (Å²) in [6.45, 7) is 21.6. The van der Waals surface area contributed by atoms with Gasteiger partial charge in [0.1, 0.15) is 0 Å². The summed E-state index contributed by atoms with van der Waals surface area (Å²) in [4.78, 5) is 15.1. The monoisotopic (exact) mass is 551 g/mol. The van der Waals surface area contributed by atoms with E-state index in [0.29, 0.717) is 0 Å². The highest BCUT2D eigenvalue weighted by Crippen LogP contribution is 2.38. The molecule has 0 aliphatic heterocycles. The summed E-state index contributed by atoms with van der Waals surface area (Å²) in [7, 11) is -1.73. The molecule has 2 rings (SSSR count). The summed E-state index contributed by atoms with van der Waals surface area (Å²) in [5.74, 6) is 0. The zero-order chi connectivity index (χ0) is 29.0. The van der Waals surface area contributed by atoms with Crippen molar-refractivity contribution >= 4 is 19.8 Å². The van der Waals surface area contributed by atoms with E-state index >= 15 is 0 Å². The van der Waals surface area contributed by atoms with Crippen LogP contribution in [0.4, 0.5) is 5.69 Å². The molecule has 0 aliphatic rings. The van der Waals surface area contributed by atoms with Gasteiger partial charge in [0.05, 0.1) is 34.3 Å². The van der Waals surface area contributed by atoms with E-state index in [1.54, 1.807) is 6.08 Å². The number of benzene rings is 2. The molecule has 2 atom stereocenters. The van der Waals surface area contributed by atoms with Crippen LogP contribution in [0.5, 0.6) is 0 Å². The molecule has 0 N–H and O–H groups in total. The van der Waals surface area contributed by atoms with Crippen molar-refractivity contribution in [2.24, 2.45) is 4.99 Å². The molecule has 0 amide bonds. The van der Waals surface area contributed by atoms with Crippen LogP contribution in [0.3, 0.4) is 0 Å². The van der Waals surface area contributed by atoms with Gasteiger partial charge in [0.2, 0.25) is 6.08 Å². The third-order valence-corrected chi connectivity index (χ3v) is 9.73. The lowest BCUT2D eigenvalue weighted by Gasteiger charge is -2.42. The first kappa shape index (κ1) is 34.8. The summed E-state index contributed by atoms with van der Waals surface area (Å²) in [5, 5.41) is 4.88. The lowest BCUT2D eigenvalue weighted by atomic mass is 10.1. The van der Waals surface area contributed by atoms with Crippen molar-refractivity contribution < 1.29 is 9.28 Å². The fraction of sp³-hybridized carbons (Fsp3) is 0.618.